The summed E-state index contributed by atoms with van der Waals surface area (Å²) < 4.78 is 3.83. The van der Waals surface area contributed by atoms with Crippen LogP contribution in [-0.4, -0.2) is 49.7 Å². The molecule has 8 nitrogen and oxygen atoms in total. The first-order valence-corrected chi connectivity index (χ1v) is 11.5. The lowest BCUT2D eigenvalue weighted by Gasteiger charge is -2.22. The van der Waals surface area contributed by atoms with Crippen LogP contribution in [0.25, 0.3) is 22.4 Å². The van der Waals surface area contributed by atoms with Crippen LogP contribution in [0.1, 0.15) is 29.3 Å². The monoisotopic (exact) mass is 455 g/mol. The number of fused-ring (bicyclic) bond motifs is 3. The third kappa shape index (κ3) is 4.19. The first kappa shape index (κ1) is 21.9. The number of hydrogen-bond donors (Lipinski definition) is 1. The van der Waals surface area contributed by atoms with Gasteiger partial charge in [-0.25, -0.2) is 4.68 Å². The van der Waals surface area contributed by atoms with Crippen LogP contribution < -0.4 is 5.32 Å². The molecule has 3 heterocycles. The highest BCUT2D eigenvalue weighted by Gasteiger charge is 2.26. The fourth-order valence-electron chi connectivity index (χ4n) is 4.57. The average molecular weight is 456 g/mol. The number of benzene rings is 2. The summed E-state index contributed by atoms with van der Waals surface area (Å²) in [5.74, 6) is 0.0893. The van der Waals surface area contributed by atoms with Crippen LogP contribution in [0.4, 0.5) is 5.69 Å². The second-order valence-corrected chi connectivity index (χ2v) is 9.10. The molecular weight excluding hydrogens is 426 g/mol. The summed E-state index contributed by atoms with van der Waals surface area (Å²) in [5.41, 5.74) is 8.56. The van der Waals surface area contributed by atoms with E-state index in [0.29, 0.717) is 6.42 Å². The van der Waals surface area contributed by atoms with Crippen molar-refractivity contribution >= 4 is 11.6 Å². The van der Waals surface area contributed by atoms with E-state index in [9.17, 15) is 4.79 Å². The molecule has 1 amide bonds. The van der Waals surface area contributed by atoms with Gasteiger partial charge in [0.05, 0.1) is 30.0 Å². The van der Waals surface area contributed by atoms with E-state index in [0.717, 1.165) is 52.3 Å². The number of nitrogens with zero attached hydrogens (tertiary/aromatic N) is 6. The van der Waals surface area contributed by atoms with Crippen molar-refractivity contribution in [1.82, 2.24) is 29.7 Å². The van der Waals surface area contributed by atoms with Crippen molar-refractivity contribution in [3.8, 4) is 22.4 Å². The van der Waals surface area contributed by atoms with Crippen LogP contribution in [0, 0.1) is 6.92 Å². The van der Waals surface area contributed by atoms with E-state index >= 15 is 0 Å². The van der Waals surface area contributed by atoms with Gasteiger partial charge in [0, 0.05) is 50.7 Å². The van der Waals surface area contributed by atoms with Crippen LogP contribution in [0.15, 0.2) is 54.9 Å². The Bertz CT molecular complexity index is 1350. The molecule has 2 aromatic carbocycles. The second-order valence-electron chi connectivity index (χ2n) is 9.10. The van der Waals surface area contributed by atoms with Crippen LogP contribution in [0.3, 0.4) is 0 Å². The molecule has 0 fully saturated rings. The fourth-order valence-corrected chi connectivity index (χ4v) is 4.57. The number of rotatable bonds is 5. The molecule has 1 unspecified atom stereocenters. The minimum absolute atomic E-state index is 0.0764. The number of aromatic nitrogens is 5. The summed E-state index contributed by atoms with van der Waals surface area (Å²) in [6.07, 6.45) is 5.17. The van der Waals surface area contributed by atoms with Gasteiger partial charge < -0.3 is 10.2 Å². The summed E-state index contributed by atoms with van der Waals surface area (Å²) in [4.78, 5) is 13.8. The molecule has 4 aromatic rings. The molecule has 0 spiro atoms. The van der Waals surface area contributed by atoms with Crippen LogP contribution in [0.5, 0.6) is 0 Å². The molecule has 0 saturated heterocycles. The number of carbonyl (C=O) groups excluding carboxylic acids is 1. The van der Waals surface area contributed by atoms with Crippen molar-refractivity contribution in [2.45, 2.75) is 32.4 Å². The number of hydrogen-bond acceptors (Lipinski definition) is 5. The molecule has 0 aliphatic carbocycles. The molecule has 0 saturated carbocycles. The molecule has 1 aliphatic heterocycles. The van der Waals surface area contributed by atoms with Gasteiger partial charge in [-0.3, -0.25) is 9.48 Å². The van der Waals surface area contributed by atoms with E-state index in [-0.39, 0.29) is 11.9 Å². The zero-order chi connectivity index (χ0) is 23.8. The first-order chi connectivity index (χ1) is 16.4. The van der Waals surface area contributed by atoms with Crippen LogP contribution >= 0.6 is 0 Å². The highest BCUT2D eigenvalue weighted by Crippen LogP contribution is 2.39. The average Bonchev–Trinajstić information content (AvgIpc) is 3.37. The van der Waals surface area contributed by atoms with E-state index in [1.807, 2.05) is 47.9 Å². The summed E-state index contributed by atoms with van der Waals surface area (Å²) in [6.45, 7) is 2.78. The van der Waals surface area contributed by atoms with Gasteiger partial charge in [0.2, 0.25) is 5.91 Å². The number of anilines is 1. The lowest BCUT2D eigenvalue weighted by molar-refractivity contribution is -0.127. The van der Waals surface area contributed by atoms with E-state index in [2.05, 4.69) is 51.1 Å². The zero-order valence-electron chi connectivity index (χ0n) is 20.0. The third-order valence-electron chi connectivity index (χ3n) is 6.38. The summed E-state index contributed by atoms with van der Waals surface area (Å²) in [6, 6.07) is 14.8. The van der Waals surface area contributed by atoms with Gasteiger partial charge in [-0.05, 0) is 48.2 Å². The number of amides is 1. The lowest BCUT2D eigenvalue weighted by Crippen LogP contribution is -2.23. The standard InChI is InChI=1S/C26H29N7O/c1-17-26-22-9-8-19(20-15-27-32(4)16-20)14-23(22)24(10-11-33(26)30-29-17)28-21-7-5-6-18(12-21)13-25(34)31(2)3/h5-9,12,14-16,24,28H,10-11,13H2,1-4H3. The second kappa shape index (κ2) is 8.78. The Morgan fingerprint density at radius 1 is 1.18 bits per heavy atom. The molecule has 8 heteroatoms. The molecule has 2 aromatic heterocycles. The predicted molar refractivity (Wildman–Crippen MR) is 132 cm³/mol. The molecule has 0 bridgehead atoms. The summed E-state index contributed by atoms with van der Waals surface area (Å²) in [7, 11) is 5.50. The molecule has 34 heavy (non-hydrogen) atoms. The Kier molecular flexibility index (Phi) is 5.65. The number of nitrogens with one attached hydrogen (secondary N) is 1. The van der Waals surface area contributed by atoms with Crippen molar-refractivity contribution in [1.29, 1.82) is 0 Å². The van der Waals surface area contributed by atoms with Gasteiger partial charge in [0.25, 0.3) is 0 Å². The highest BCUT2D eigenvalue weighted by atomic mass is 16.2. The maximum Gasteiger partial charge on any atom is 0.226 e. The summed E-state index contributed by atoms with van der Waals surface area (Å²) >= 11 is 0. The Morgan fingerprint density at radius 2 is 2.03 bits per heavy atom. The summed E-state index contributed by atoms with van der Waals surface area (Å²) in [5, 5.41) is 16.8. The Morgan fingerprint density at radius 3 is 2.79 bits per heavy atom. The smallest absolute Gasteiger partial charge is 0.226 e. The van der Waals surface area contributed by atoms with Crippen molar-refractivity contribution in [3.05, 3.63) is 71.7 Å². The van der Waals surface area contributed by atoms with Crippen molar-refractivity contribution in [2.75, 3.05) is 19.4 Å². The Balaban J connectivity index is 1.53. The SMILES string of the molecule is Cc1nnn2c1-c1ccc(-c3cnn(C)c3)cc1C(Nc1cccc(CC(=O)N(C)C)c1)CC2. The Hall–Kier alpha value is -3.94. The topological polar surface area (TPSA) is 80.9 Å². The number of likely N-dealkylation sites (N-methyl/N-ethyl adjacent to an activating group) is 1. The fraction of sp³-hybridized carbons (Fsp3) is 0.308. The minimum atomic E-state index is 0.0764. The predicted octanol–water partition coefficient (Wildman–Crippen LogP) is 3.84. The maximum absolute atomic E-state index is 12.2. The van der Waals surface area contributed by atoms with Gasteiger partial charge in [0.1, 0.15) is 0 Å². The van der Waals surface area contributed by atoms with E-state index < -0.39 is 0 Å². The molecule has 174 valence electrons. The van der Waals surface area contributed by atoms with Gasteiger partial charge >= 0.3 is 0 Å². The quantitative estimate of drug-likeness (QED) is 0.495. The van der Waals surface area contributed by atoms with Gasteiger partial charge in [-0.15, -0.1) is 5.10 Å². The largest absolute Gasteiger partial charge is 0.378 e. The third-order valence-corrected chi connectivity index (χ3v) is 6.38. The Labute approximate surface area is 199 Å². The molecule has 1 N–H and O–H groups in total. The normalized spacial score (nSPS) is 14.8. The van der Waals surface area contributed by atoms with Crippen molar-refractivity contribution < 1.29 is 4.79 Å². The number of aryl methyl sites for hydroxylation is 3. The van der Waals surface area contributed by atoms with Gasteiger partial charge in [0.15, 0.2) is 0 Å². The zero-order valence-corrected chi connectivity index (χ0v) is 20.0. The van der Waals surface area contributed by atoms with Gasteiger partial charge in [-0.1, -0.05) is 29.5 Å². The molecule has 1 aliphatic rings. The number of carbonyl (C=O) groups is 1. The maximum atomic E-state index is 12.2. The highest BCUT2D eigenvalue weighted by molar-refractivity contribution is 5.78. The molecule has 0 radical (unpaired) electrons. The lowest BCUT2D eigenvalue weighted by atomic mass is 9.93. The van der Waals surface area contributed by atoms with E-state index in [4.69, 9.17) is 0 Å². The van der Waals surface area contributed by atoms with Gasteiger partial charge in [-0.2, -0.15) is 5.10 Å². The van der Waals surface area contributed by atoms with E-state index in [1.165, 1.54) is 5.56 Å². The molecule has 1 atom stereocenters. The molecular formula is C26H29N7O. The van der Waals surface area contributed by atoms with E-state index in [1.54, 1.807) is 19.0 Å². The van der Waals surface area contributed by atoms with Crippen LogP contribution in [0.2, 0.25) is 0 Å². The van der Waals surface area contributed by atoms with Crippen LogP contribution in [-0.2, 0) is 24.8 Å². The first-order valence-electron chi connectivity index (χ1n) is 11.5. The minimum Gasteiger partial charge on any atom is -0.378 e. The van der Waals surface area contributed by atoms with Crippen molar-refractivity contribution in [2.24, 2.45) is 7.05 Å². The molecule has 5 rings (SSSR count). The van der Waals surface area contributed by atoms with Crippen molar-refractivity contribution in [3.63, 3.8) is 0 Å².